The quantitative estimate of drug-likeness (QED) is 0.317. The van der Waals surface area contributed by atoms with Crippen LogP contribution in [0.3, 0.4) is 0 Å². The molecule has 2 fully saturated rings. The van der Waals surface area contributed by atoms with E-state index in [1.165, 1.54) is 51.4 Å². The summed E-state index contributed by atoms with van der Waals surface area (Å²) in [5.41, 5.74) is 0.539. The van der Waals surface area contributed by atoms with Crippen LogP contribution in [-0.2, 0) is 0 Å². The Hall–Kier alpha value is -0.700. The molecule has 0 saturated heterocycles. The van der Waals surface area contributed by atoms with Gasteiger partial charge in [0.1, 0.15) is 0 Å². The van der Waals surface area contributed by atoms with E-state index >= 15 is 0 Å². The van der Waals surface area contributed by atoms with E-state index in [1.54, 1.807) is 0 Å². The molecule has 0 amide bonds. The molecule has 2 radical (unpaired) electrons. The largest absolute Gasteiger partial charge is 0.120 e. The zero-order valence-electron chi connectivity index (χ0n) is 21.8. The highest BCUT2D eigenvalue weighted by Crippen LogP contribution is 2.40. The van der Waals surface area contributed by atoms with E-state index in [-0.39, 0.29) is 0 Å². The summed E-state index contributed by atoms with van der Waals surface area (Å²) in [5.74, 6) is 7.76. The highest BCUT2D eigenvalue weighted by molar-refractivity contribution is 4.94. The van der Waals surface area contributed by atoms with Gasteiger partial charge >= 0.3 is 0 Å². The minimum atomic E-state index is 0.539. The minimum Gasteiger partial charge on any atom is -0.120 e. The molecule has 0 aromatic heterocycles. The molecule has 2 rings (SSSR count). The molecule has 2 saturated carbocycles. The van der Waals surface area contributed by atoms with E-state index in [0.717, 1.165) is 41.9 Å². The van der Waals surface area contributed by atoms with Gasteiger partial charge in [0, 0.05) is 6.42 Å². The SMILES string of the molecule is C#CCC=CC.CC[CH]C1CCC(C(C)(C)C)CC1.[CH2]C1CC(C)CCC1C(C)C. The Balaban J connectivity index is 0.000000450. The van der Waals surface area contributed by atoms with E-state index in [2.05, 4.69) is 67.7 Å². The van der Waals surface area contributed by atoms with Crippen molar-refractivity contribution >= 4 is 0 Å². The summed E-state index contributed by atoms with van der Waals surface area (Å²) in [7, 11) is 0. The van der Waals surface area contributed by atoms with Crippen molar-refractivity contribution in [1.29, 1.82) is 0 Å². The van der Waals surface area contributed by atoms with Crippen LogP contribution in [0.25, 0.3) is 0 Å². The first-order valence-corrected chi connectivity index (χ1v) is 12.8. The van der Waals surface area contributed by atoms with Gasteiger partial charge in [-0.15, -0.1) is 12.3 Å². The van der Waals surface area contributed by atoms with Crippen LogP contribution >= 0.6 is 0 Å². The molecule has 2 aliphatic rings. The topological polar surface area (TPSA) is 0 Å². The van der Waals surface area contributed by atoms with Gasteiger partial charge in [-0.1, -0.05) is 73.5 Å². The Morgan fingerprint density at radius 1 is 1.07 bits per heavy atom. The maximum atomic E-state index is 4.91. The molecule has 3 unspecified atom stereocenters. The van der Waals surface area contributed by atoms with Gasteiger partial charge in [0.05, 0.1) is 0 Å². The molecular weight excluding hydrogens is 360 g/mol. The maximum absolute atomic E-state index is 4.91. The molecule has 0 aliphatic heterocycles. The fourth-order valence-corrected chi connectivity index (χ4v) is 5.14. The zero-order chi connectivity index (χ0) is 23.2. The molecule has 0 heteroatoms. The Bertz CT molecular complexity index is 461. The van der Waals surface area contributed by atoms with E-state index in [0.29, 0.717) is 5.41 Å². The molecule has 0 aromatic rings. The van der Waals surface area contributed by atoms with Crippen molar-refractivity contribution in [3.05, 3.63) is 25.5 Å². The van der Waals surface area contributed by atoms with Crippen LogP contribution in [0, 0.1) is 66.6 Å². The molecule has 174 valence electrons. The standard InChI is InChI=1S/C13H25.C11H21.C6H8/c1-5-6-11-7-9-12(10-8-11)13(2,3)4;1-8(2)11-6-5-9(3)7-10(11)4;1-3-5-6-4-2/h6,11-12H,5,7-10H2,1-4H3;8-11H,4-7H2,1-3H3;1,4,6H,5H2,2H3. The van der Waals surface area contributed by atoms with Gasteiger partial charge in [0.15, 0.2) is 0 Å². The Morgan fingerprint density at radius 3 is 2.03 bits per heavy atom. The van der Waals surface area contributed by atoms with Gasteiger partial charge in [-0.3, -0.25) is 0 Å². The lowest BCUT2D eigenvalue weighted by molar-refractivity contribution is 0.158. The van der Waals surface area contributed by atoms with Crippen LogP contribution in [0.1, 0.15) is 113 Å². The average molecular weight is 415 g/mol. The van der Waals surface area contributed by atoms with Gasteiger partial charge in [-0.05, 0) is 99.7 Å². The Labute approximate surface area is 192 Å². The Kier molecular flexibility index (Phi) is 15.6. The maximum Gasteiger partial charge on any atom is 0.0266 e. The Morgan fingerprint density at radius 2 is 1.67 bits per heavy atom. The molecule has 0 nitrogen and oxygen atoms in total. The number of hydrogen-bond donors (Lipinski definition) is 0. The summed E-state index contributed by atoms with van der Waals surface area (Å²) >= 11 is 0. The van der Waals surface area contributed by atoms with Crippen LogP contribution in [0.2, 0.25) is 0 Å². The van der Waals surface area contributed by atoms with E-state index in [9.17, 15) is 0 Å². The fourth-order valence-electron chi connectivity index (χ4n) is 5.14. The van der Waals surface area contributed by atoms with Crippen LogP contribution in [0.15, 0.2) is 12.2 Å². The highest BCUT2D eigenvalue weighted by atomic mass is 14.3. The van der Waals surface area contributed by atoms with Crippen LogP contribution in [0.4, 0.5) is 0 Å². The third-order valence-corrected chi connectivity index (χ3v) is 7.20. The van der Waals surface area contributed by atoms with Gasteiger partial charge in [-0.2, -0.15) is 0 Å². The molecular formula is C30H54. The van der Waals surface area contributed by atoms with Gasteiger partial charge in [0.2, 0.25) is 0 Å². The summed E-state index contributed by atoms with van der Waals surface area (Å²) in [6, 6.07) is 0. The van der Waals surface area contributed by atoms with Gasteiger partial charge < -0.3 is 0 Å². The molecule has 0 spiro atoms. The molecule has 2 aliphatic carbocycles. The summed E-state index contributed by atoms with van der Waals surface area (Å²) in [6.45, 7) is 22.7. The van der Waals surface area contributed by atoms with Gasteiger partial charge in [-0.25, -0.2) is 0 Å². The van der Waals surface area contributed by atoms with Crippen LogP contribution in [-0.4, -0.2) is 0 Å². The van der Waals surface area contributed by atoms with Crippen molar-refractivity contribution in [3.63, 3.8) is 0 Å². The highest BCUT2D eigenvalue weighted by Gasteiger charge is 2.29. The first-order chi connectivity index (χ1) is 14.1. The van der Waals surface area contributed by atoms with Crippen molar-refractivity contribution in [3.8, 4) is 12.3 Å². The monoisotopic (exact) mass is 414 g/mol. The van der Waals surface area contributed by atoms with Crippen LogP contribution in [0.5, 0.6) is 0 Å². The van der Waals surface area contributed by atoms with Crippen molar-refractivity contribution in [2.45, 2.75) is 113 Å². The molecule has 0 aromatic carbocycles. The second-order valence-electron chi connectivity index (χ2n) is 11.2. The second kappa shape index (κ2) is 16.0. The van der Waals surface area contributed by atoms with Crippen molar-refractivity contribution in [1.82, 2.24) is 0 Å². The summed E-state index contributed by atoms with van der Waals surface area (Å²) < 4.78 is 0. The number of allylic oxidation sites excluding steroid dienone is 2. The third kappa shape index (κ3) is 12.9. The number of terminal acetylenes is 1. The molecule has 0 heterocycles. The predicted molar refractivity (Wildman–Crippen MR) is 138 cm³/mol. The zero-order valence-corrected chi connectivity index (χ0v) is 21.8. The molecule has 0 bridgehead atoms. The van der Waals surface area contributed by atoms with Crippen molar-refractivity contribution in [2.75, 3.05) is 0 Å². The minimum absolute atomic E-state index is 0.539. The molecule has 3 atom stereocenters. The lowest BCUT2D eigenvalue weighted by Gasteiger charge is -2.36. The first kappa shape index (κ1) is 29.3. The molecule has 0 N–H and O–H groups in total. The lowest BCUT2D eigenvalue weighted by Crippen LogP contribution is -2.25. The smallest absolute Gasteiger partial charge is 0.0266 e. The summed E-state index contributed by atoms with van der Waals surface area (Å²) in [5, 5.41) is 0. The number of rotatable bonds is 4. The summed E-state index contributed by atoms with van der Waals surface area (Å²) in [6.07, 6.45) is 23.3. The van der Waals surface area contributed by atoms with E-state index in [1.807, 2.05) is 19.1 Å². The second-order valence-corrected chi connectivity index (χ2v) is 11.2. The fraction of sp³-hybridized carbons (Fsp3) is 0.800. The van der Waals surface area contributed by atoms with Crippen molar-refractivity contribution in [2.24, 2.45) is 40.9 Å². The number of hydrogen-bond acceptors (Lipinski definition) is 0. The van der Waals surface area contributed by atoms with Crippen molar-refractivity contribution < 1.29 is 0 Å². The van der Waals surface area contributed by atoms with E-state index < -0.39 is 0 Å². The van der Waals surface area contributed by atoms with Gasteiger partial charge in [0.25, 0.3) is 0 Å². The normalized spacial score (nSPS) is 29.4. The van der Waals surface area contributed by atoms with E-state index in [4.69, 9.17) is 6.42 Å². The van der Waals surface area contributed by atoms with Crippen LogP contribution < -0.4 is 0 Å². The summed E-state index contributed by atoms with van der Waals surface area (Å²) in [4.78, 5) is 0. The molecule has 30 heavy (non-hydrogen) atoms. The predicted octanol–water partition coefficient (Wildman–Crippen LogP) is 9.57. The lowest BCUT2D eigenvalue weighted by atomic mass is 9.69. The average Bonchev–Trinajstić information content (AvgIpc) is 2.67. The first-order valence-electron chi connectivity index (χ1n) is 12.8. The third-order valence-electron chi connectivity index (χ3n) is 7.20.